The molecule has 0 radical (unpaired) electrons. The minimum absolute atomic E-state index is 0.0427. The molecule has 0 bridgehead atoms. The van der Waals surface area contributed by atoms with Crippen molar-refractivity contribution in [2.45, 2.75) is 92.3 Å². The fraction of sp³-hybridized carbons (Fsp3) is 0.306. The Morgan fingerprint density at radius 3 is 1.29 bits per heavy atom. The van der Waals surface area contributed by atoms with Crippen molar-refractivity contribution in [1.29, 1.82) is 5.41 Å². The number of benzene rings is 5. The summed E-state index contributed by atoms with van der Waals surface area (Å²) in [4.78, 5) is 41.8. The van der Waals surface area contributed by atoms with E-state index in [-0.39, 0.29) is 29.9 Å². The van der Waals surface area contributed by atoms with Gasteiger partial charge in [0.05, 0.1) is 42.1 Å². The van der Waals surface area contributed by atoms with E-state index in [1.165, 1.54) is 12.1 Å². The molecule has 2 saturated heterocycles. The highest BCUT2D eigenvalue weighted by molar-refractivity contribution is 6.76. The number of carbonyl (C=O) groups is 3. The zero-order valence-corrected chi connectivity index (χ0v) is 37.4. The summed E-state index contributed by atoms with van der Waals surface area (Å²) >= 11 is 18.4. The van der Waals surface area contributed by atoms with Gasteiger partial charge in [-0.1, -0.05) is 150 Å². The van der Waals surface area contributed by atoms with E-state index >= 15 is 0 Å². The van der Waals surface area contributed by atoms with E-state index < -0.39 is 89.0 Å². The van der Waals surface area contributed by atoms with Crippen LogP contribution in [0.5, 0.6) is 0 Å². The molecule has 0 aromatic heterocycles. The van der Waals surface area contributed by atoms with Gasteiger partial charge in [-0.05, 0) is 61.4 Å². The Bertz CT molecular complexity index is 2330. The molecule has 1 N–H and O–H groups in total. The molecule has 0 unspecified atom stereocenters. The number of nitrogens with one attached hydrogen (secondary N) is 1. The number of halogens is 3. The molecule has 16 heteroatoms. The average Bonchev–Trinajstić information content (AvgIpc) is 3.32. The number of esters is 3. The van der Waals surface area contributed by atoms with Crippen LogP contribution in [0.2, 0.25) is 0 Å². The molecule has 340 valence electrons. The highest BCUT2D eigenvalue weighted by Gasteiger charge is 2.56. The SMILES string of the molecule is C[C@@H]1O[C@@H](OC(=N)C(Cl)(Cl)Cl)[C@H](O[C@@H]2O[C@@H](C)[C@H](OC(=O)c3ccccc3)[C@@H](OC(=O)c3ccccc3)[C@H]2OC(=O)c2ccccc2)[C@H](OCc2ccccc2)[C@H]1OCc1ccccc1. The van der Waals surface area contributed by atoms with Gasteiger partial charge in [0.15, 0.2) is 30.7 Å². The van der Waals surface area contributed by atoms with Crippen molar-refractivity contribution in [3.63, 3.8) is 0 Å². The summed E-state index contributed by atoms with van der Waals surface area (Å²) in [6.45, 7) is 3.49. The maximum absolute atomic E-state index is 14.1. The molecule has 5 aromatic rings. The maximum atomic E-state index is 14.1. The van der Waals surface area contributed by atoms with Gasteiger partial charge in [-0.25, -0.2) is 14.4 Å². The molecule has 65 heavy (non-hydrogen) atoms. The minimum Gasteiger partial charge on any atom is -0.452 e. The van der Waals surface area contributed by atoms with Crippen LogP contribution >= 0.6 is 34.8 Å². The van der Waals surface area contributed by atoms with Crippen molar-refractivity contribution in [3.05, 3.63) is 179 Å². The lowest BCUT2D eigenvalue weighted by atomic mass is 9.96. The van der Waals surface area contributed by atoms with Crippen molar-refractivity contribution in [2.24, 2.45) is 0 Å². The maximum Gasteiger partial charge on any atom is 0.338 e. The highest BCUT2D eigenvalue weighted by atomic mass is 35.6. The average molecular weight is 947 g/mol. The van der Waals surface area contributed by atoms with Gasteiger partial charge in [0.1, 0.15) is 12.2 Å². The van der Waals surface area contributed by atoms with Crippen LogP contribution in [0.25, 0.3) is 0 Å². The highest BCUT2D eigenvalue weighted by Crippen LogP contribution is 2.38. The van der Waals surface area contributed by atoms with Gasteiger partial charge in [0.25, 0.3) is 3.79 Å². The number of alkyl halides is 3. The van der Waals surface area contributed by atoms with Gasteiger partial charge < -0.3 is 42.6 Å². The Labute approximate surface area is 391 Å². The van der Waals surface area contributed by atoms with Crippen LogP contribution in [-0.2, 0) is 55.8 Å². The van der Waals surface area contributed by atoms with Gasteiger partial charge >= 0.3 is 17.9 Å². The first-order valence-corrected chi connectivity index (χ1v) is 21.9. The standard InChI is InChI=1S/C49H46Cl3NO12/c1-30-37(57-28-32-18-8-3-9-19-32)39(58-29-33-20-10-4-11-21-33)41(47(59-30)65-48(53)49(50,51)52)64-46-42(63-45(56)36-26-16-7-17-27-36)40(62-44(55)35-24-14-6-15-25-35)38(31(2)60-46)61-43(54)34-22-12-5-13-23-34/h3-27,30-31,37-42,46-47,53H,28-29H2,1-2H3/t30-,31-,37-,38-,39+,40+,41+,42+,46-,47-/m0/s1. The normalized spacial score (nSPS) is 25.4. The Morgan fingerprint density at radius 2 is 0.846 bits per heavy atom. The predicted octanol–water partition coefficient (Wildman–Crippen LogP) is 9.07. The molecular weight excluding hydrogens is 901 g/mol. The van der Waals surface area contributed by atoms with Crippen LogP contribution < -0.4 is 0 Å². The van der Waals surface area contributed by atoms with Crippen molar-refractivity contribution in [3.8, 4) is 0 Å². The van der Waals surface area contributed by atoms with Gasteiger partial charge in [-0.15, -0.1) is 0 Å². The van der Waals surface area contributed by atoms with Crippen LogP contribution in [0.3, 0.4) is 0 Å². The van der Waals surface area contributed by atoms with E-state index in [1.54, 1.807) is 92.7 Å². The van der Waals surface area contributed by atoms with Crippen molar-refractivity contribution in [1.82, 2.24) is 0 Å². The summed E-state index contributed by atoms with van der Waals surface area (Å²) < 4.78 is 55.1. The zero-order chi connectivity index (χ0) is 45.9. The third-order valence-corrected chi connectivity index (χ3v) is 11.1. The van der Waals surface area contributed by atoms with Gasteiger partial charge in [0.2, 0.25) is 12.2 Å². The topological polar surface area (TPSA) is 158 Å². The zero-order valence-electron chi connectivity index (χ0n) is 35.2. The molecule has 7 rings (SSSR count). The quantitative estimate of drug-likeness (QED) is 0.0350. The molecule has 0 amide bonds. The summed E-state index contributed by atoms with van der Waals surface area (Å²) in [7, 11) is 0. The monoisotopic (exact) mass is 945 g/mol. The predicted molar refractivity (Wildman–Crippen MR) is 240 cm³/mol. The smallest absolute Gasteiger partial charge is 0.338 e. The second-order valence-electron chi connectivity index (χ2n) is 15.2. The molecule has 13 nitrogen and oxygen atoms in total. The van der Waals surface area contributed by atoms with Crippen molar-refractivity contribution in [2.75, 3.05) is 0 Å². The van der Waals surface area contributed by atoms with E-state index in [0.717, 1.165) is 11.1 Å². The fourth-order valence-corrected chi connectivity index (χ4v) is 7.44. The minimum atomic E-state index is -2.33. The molecule has 5 aromatic carbocycles. The van der Waals surface area contributed by atoms with Crippen LogP contribution in [0, 0.1) is 5.41 Å². The molecule has 2 aliphatic rings. The number of rotatable bonds is 15. The Balaban J connectivity index is 1.31. The van der Waals surface area contributed by atoms with Crippen LogP contribution in [0.15, 0.2) is 152 Å². The summed E-state index contributed by atoms with van der Waals surface area (Å²) in [5, 5.41) is 8.58. The molecule has 2 heterocycles. The summed E-state index contributed by atoms with van der Waals surface area (Å²) in [5.74, 6) is -3.24. The summed E-state index contributed by atoms with van der Waals surface area (Å²) in [5.41, 5.74) is 2.15. The van der Waals surface area contributed by atoms with Crippen LogP contribution in [-0.4, -0.2) is 89.0 Å². The van der Waals surface area contributed by atoms with Crippen molar-refractivity contribution < 1.29 is 57.0 Å². The number of ether oxygens (including phenoxy) is 9. The third-order valence-electron chi connectivity index (χ3n) is 10.6. The second kappa shape index (κ2) is 22.2. The van der Waals surface area contributed by atoms with E-state index in [2.05, 4.69) is 0 Å². The number of carbonyl (C=O) groups excluding carboxylic acids is 3. The number of hydrogen-bond acceptors (Lipinski definition) is 13. The lowest BCUT2D eigenvalue weighted by Gasteiger charge is -2.48. The second-order valence-corrected chi connectivity index (χ2v) is 17.5. The fourth-order valence-electron chi connectivity index (χ4n) is 7.31. The molecule has 2 aliphatic heterocycles. The van der Waals surface area contributed by atoms with Crippen LogP contribution in [0.1, 0.15) is 56.0 Å². The van der Waals surface area contributed by atoms with Crippen molar-refractivity contribution >= 4 is 58.6 Å². The molecule has 0 spiro atoms. The van der Waals surface area contributed by atoms with E-state index in [0.29, 0.717) is 0 Å². The Kier molecular flexibility index (Phi) is 16.3. The first kappa shape index (κ1) is 47.6. The van der Waals surface area contributed by atoms with E-state index in [1.807, 2.05) is 60.7 Å². The Hall–Kier alpha value is -5.35. The largest absolute Gasteiger partial charge is 0.452 e. The molecule has 10 atom stereocenters. The molecular formula is C49H46Cl3NO12. The molecule has 0 aliphatic carbocycles. The first-order chi connectivity index (χ1) is 31.4. The third kappa shape index (κ3) is 12.5. The summed E-state index contributed by atoms with van der Waals surface area (Å²) in [6, 6.07) is 43.2. The van der Waals surface area contributed by atoms with E-state index in [4.69, 9.17) is 82.8 Å². The van der Waals surface area contributed by atoms with Gasteiger partial charge in [-0.2, -0.15) is 0 Å². The van der Waals surface area contributed by atoms with Crippen LogP contribution in [0.4, 0.5) is 0 Å². The lowest BCUT2D eigenvalue weighted by molar-refractivity contribution is -0.359. The lowest BCUT2D eigenvalue weighted by Crippen LogP contribution is -2.66. The van der Waals surface area contributed by atoms with E-state index in [9.17, 15) is 14.4 Å². The first-order valence-electron chi connectivity index (χ1n) is 20.7. The van der Waals surface area contributed by atoms with Gasteiger partial charge in [-0.3, -0.25) is 5.41 Å². The Morgan fingerprint density at radius 1 is 0.477 bits per heavy atom. The van der Waals surface area contributed by atoms with Gasteiger partial charge in [0, 0.05) is 0 Å². The molecule has 2 fully saturated rings. The molecule has 0 saturated carbocycles. The number of hydrogen-bond donors (Lipinski definition) is 1. The summed E-state index contributed by atoms with van der Waals surface area (Å²) in [6.07, 6.45) is -13.1.